The third-order valence-corrected chi connectivity index (χ3v) is 4.38. The van der Waals surface area contributed by atoms with Crippen LogP contribution in [0, 0.1) is 0 Å². The van der Waals surface area contributed by atoms with E-state index in [0.717, 1.165) is 12.8 Å². The summed E-state index contributed by atoms with van der Waals surface area (Å²) in [6, 6.07) is 4.83. The van der Waals surface area contributed by atoms with Crippen LogP contribution in [0.3, 0.4) is 0 Å². The number of carboxylic acids is 1. The van der Waals surface area contributed by atoms with Crippen molar-refractivity contribution in [3.05, 3.63) is 46.8 Å². The lowest BCUT2D eigenvalue weighted by molar-refractivity contribution is 0.0676. The largest absolute Gasteiger partial charge is 0.478 e. The lowest BCUT2D eigenvalue weighted by Crippen LogP contribution is -2.30. The van der Waals surface area contributed by atoms with Crippen LogP contribution in [0.15, 0.2) is 27.0 Å². The van der Waals surface area contributed by atoms with Gasteiger partial charge in [0.25, 0.3) is 5.91 Å². The fourth-order valence-electron chi connectivity index (χ4n) is 3.22. The van der Waals surface area contributed by atoms with E-state index in [0.29, 0.717) is 36.9 Å². The number of hydrogen-bond donors (Lipinski definition) is 1. The number of carboxylic acid groups (broad SMARTS) is 1. The van der Waals surface area contributed by atoms with Gasteiger partial charge in [0.15, 0.2) is 5.76 Å². The average Bonchev–Trinajstić information content (AvgIpc) is 3.32. The first-order valence-electron chi connectivity index (χ1n) is 8.29. The highest BCUT2D eigenvalue weighted by Crippen LogP contribution is 2.34. The van der Waals surface area contributed by atoms with Crippen molar-refractivity contribution in [2.24, 2.45) is 0 Å². The predicted octanol–water partition coefficient (Wildman–Crippen LogP) is 3.26. The molecule has 2 aromatic heterocycles. The monoisotopic (exact) mass is 347 g/mol. The summed E-state index contributed by atoms with van der Waals surface area (Å²) in [5.74, 6) is 0.383. The lowest BCUT2D eigenvalue weighted by Gasteiger charge is -2.22. The smallest absolute Gasteiger partial charge is 0.339 e. The second kappa shape index (κ2) is 7.14. The molecule has 0 radical (unpaired) electrons. The lowest BCUT2D eigenvalue weighted by atomic mass is 10.1. The Balaban J connectivity index is 1.84. The first-order chi connectivity index (χ1) is 12.0. The molecule has 0 spiro atoms. The molecule has 1 N–H and O–H groups in total. The summed E-state index contributed by atoms with van der Waals surface area (Å²) < 4.78 is 16.3. The number of carbonyl (C=O) groups excluding carboxylic acids is 1. The van der Waals surface area contributed by atoms with Crippen molar-refractivity contribution in [2.75, 3.05) is 13.7 Å². The highest BCUT2D eigenvalue weighted by atomic mass is 16.5. The predicted molar refractivity (Wildman–Crippen MR) is 87.5 cm³/mol. The summed E-state index contributed by atoms with van der Waals surface area (Å²) in [7, 11) is 1.59. The zero-order chi connectivity index (χ0) is 18.0. The molecule has 25 heavy (non-hydrogen) atoms. The first kappa shape index (κ1) is 17.3. The number of likely N-dealkylation sites (tertiary alicyclic amines) is 1. The maximum absolute atomic E-state index is 12.8. The van der Waals surface area contributed by atoms with E-state index < -0.39 is 5.97 Å². The number of aromatic carboxylic acids is 1. The number of amides is 1. The third kappa shape index (κ3) is 3.32. The molecule has 0 unspecified atom stereocenters. The van der Waals surface area contributed by atoms with Crippen LogP contribution in [0.2, 0.25) is 0 Å². The molecule has 0 saturated carbocycles. The minimum atomic E-state index is -1.09. The molecule has 1 amide bonds. The average molecular weight is 347 g/mol. The van der Waals surface area contributed by atoms with Crippen LogP contribution in [0.1, 0.15) is 64.0 Å². The standard InChI is InChI=1S/C18H21NO6/c1-3-14-12(18(21)22)9-16(25-14)17(20)19-8-4-5-13(19)15-7-6-11(24-15)10-23-2/h6-7,9,13H,3-5,8,10H2,1-2H3,(H,21,22)/t13-/m1/s1. The number of nitrogens with zero attached hydrogens (tertiary/aromatic N) is 1. The minimum absolute atomic E-state index is 0.0435. The highest BCUT2D eigenvalue weighted by molar-refractivity contribution is 5.96. The second-order valence-electron chi connectivity index (χ2n) is 6.00. The zero-order valence-corrected chi connectivity index (χ0v) is 14.3. The molecule has 1 fully saturated rings. The Hall–Kier alpha value is -2.54. The highest BCUT2D eigenvalue weighted by Gasteiger charge is 2.35. The van der Waals surface area contributed by atoms with Gasteiger partial charge in [-0.25, -0.2) is 4.79 Å². The summed E-state index contributed by atoms with van der Waals surface area (Å²) in [5.41, 5.74) is 0.0435. The van der Waals surface area contributed by atoms with E-state index in [-0.39, 0.29) is 23.3 Å². The molecular formula is C18H21NO6. The molecule has 7 nitrogen and oxygen atoms in total. The van der Waals surface area contributed by atoms with E-state index >= 15 is 0 Å². The van der Waals surface area contributed by atoms with Crippen LogP contribution in [-0.4, -0.2) is 35.5 Å². The van der Waals surface area contributed by atoms with Gasteiger partial charge in [0, 0.05) is 26.1 Å². The Morgan fingerprint density at radius 1 is 1.36 bits per heavy atom. The molecule has 7 heteroatoms. The second-order valence-corrected chi connectivity index (χ2v) is 6.00. The van der Waals surface area contributed by atoms with Gasteiger partial charge < -0.3 is 23.6 Å². The Morgan fingerprint density at radius 2 is 2.16 bits per heavy atom. The number of furan rings is 2. The van der Waals surface area contributed by atoms with Crippen molar-refractivity contribution in [1.82, 2.24) is 4.90 Å². The molecule has 134 valence electrons. The molecule has 3 rings (SSSR count). The molecule has 3 heterocycles. The Bertz CT molecular complexity index is 774. The van der Waals surface area contributed by atoms with Crippen molar-refractivity contribution in [2.45, 2.75) is 38.8 Å². The van der Waals surface area contributed by atoms with E-state index in [2.05, 4.69) is 0 Å². The van der Waals surface area contributed by atoms with E-state index in [1.807, 2.05) is 12.1 Å². The molecule has 2 aromatic rings. The number of methoxy groups -OCH3 is 1. The SMILES string of the molecule is CCc1oc(C(=O)N2CCC[C@@H]2c2ccc(COC)o2)cc1C(=O)O. The van der Waals surface area contributed by atoms with Crippen LogP contribution in [-0.2, 0) is 17.8 Å². The van der Waals surface area contributed by atoms with Crippen molar-refractivity contribution >= 4 is 11.9 Å². The third-order valence-electron chi connectivity index (χ3n) is 4.38. The summed E-state index contributed by atoms with van der Waals surface area (Å²) in [5, 5.41) is 9.23. The van der Waals surface area contributed by atoms with E-state index in [1.54, 1.807) is 18.9 Å². The molecular weight excluding hydrogens is 326 g/mol. The minimum Gasteiger partial charge on any atom is -0.478 e. The van der Waals surface area contributed by atoms with E-state index in [1.165, 1.54) is 6.07 Å². The van der Waals surface area contributed by atoms with Crippen LogP contribution in [0.5, 0.6) is 0 Å². The van der Waals surface area contributed by atoms with Gasteiger partial charge >= 0.3 is 5.97 Å². The summed E-state index contributed by atoms with van der Waals surface area (Å²) in [4.78, 5) is 25.8. The van der Waals surface area contributed by atoms with Crippen LogP contribution in [0.25, 0.3) is 0 Å². The zero-order valence-electron chi connectivity index (χ0n) is 14.3. The van der Waals surface area contributed by atoms with Gasteiger partial charge in [-0.3, -0.25) is 4.79 Å². The van der Waals surface area contributed by atoms with Gasteiger partial charge in [-0.05, 0) is 25.0 Å². The van der Waals surface area contributed by atoms with Crippen LogP contribution in [0.4, 0.5) is 0 Å². The Labute approximate surface area is 145 Å². The number of ether oxygens (including phenoxy) is 1. The summed E-state index contributed by atoms with van der Waals surface area (Å²) in [6.45, 7) is 2.74. The van der Waals surface area contributed by atoms with Crippen LogP contribution < -0.4 is 0 Å². The normalized spacial score (nSPS) is 17.2. The molecule has 1 atom stereocenters. The van der Waals surface area contributed by atoms with Gasteiger partial charge in [-0.15, -0.1) is 0 Å². The van der Waals surface area contributed by atoms with Crippen molar-refractivity contribution < 1.29 is 28.3 Å². The molecule has 0 aliphatic carbocycles. The quantitative estimate of drug-likeness (QED) is 0.862. The first-order valence-corrected chi connectivity index (χ1v) is 8.29. The number of rotatable bonds is 6. The fraction of sp³-hybridized carbons (Fsp3) is 0.444. The van der Waals surface area contributed by atoms with Crippen molar-refractivity contribution in [3.63, 3.8) is 0 Å². The van der Waals surface area contributed by atoms with Gasteiger partial charge in [-0.1, -0.05) is 6.92 Å². The van der Waals surface area contributed by atoms with Crippen LogP contribution >= 0.6 is 0 Å². The fourth-order valence-corrected chi connectivity index (χ4v) is 3.22. The maximum atomic E-state index is 12.8. The van der Waals surface area contributed by atoms with Gasteiger partial charge in [0.05, 0.1) is 6.04 Å². The Kier molecular flexibility index (Phi) is 4.94. The van der Waals surface area contributed by atoms with Gasteiger partial charge in [-0.2, -0.15) is 0 Å². The molecule has 0 aromatic carbocycles. The summed E-state index contributed by atoms with van der Waals surface area (Å²) >= 11 is 0. The topological polar surface area (TPSA) is 93.1 Å². The Morgan fingerprint density at radius 3 is 2.80 bits per heavy atom. The molecule has 1 aliphatic heterocycles. The van der Waals surface area contributed by atoms with E-state index in [9.17, 15) is 14.7 Å². The van der Waals surface area contributed by atoms with E-state index in [4.69, 9.17) is 13.6 Å². The van der Waals surface area contributed by atoms with Gasteiger partial charge in [0.2, 0.25) is 0 Å². The number of carbonyl (C=O) groups is 2. The molecule has 1 aliphatic rings. The van der Waals surface area contributed by atoms with Crippen molar-refractivity contribution in [3.8, 4) is 0 Å². The van der Waals surface area contributed by atoms with Gasteiger partial charge in [0.1, 0.15) is 29.5 Å². The number of aryl methyl sites for hydroxylation is 1. The number of hydrogen-bond acceptors (Lipinski definition) is 5. The maximum Gasteiger partial charge on any atom is 0.339 e. The summed E-state index contributed by atoms with van der Waals surface area (Å²) in [6.07, 6.45) is 2.06. The molecule has 0 bridgehead atoms. The van der Waals surface area contributed by atoms with Crippen molar-refractivity contribution in [1.29, 1.82) is 0 Å². The molecule has 1 saturated heterocycles.